The third-order valence-electron chi connectivity index (χ3n) is 4.92. The molecule has 4 heteroatoms. The first kappa shape index (κ1) is 16.0. The Bertz CT molecular complexity index is 591. The van der Waals surface area contributed by atoms with Gasteiger partial charge in [0, 0.05) is 18.2 Å². The fraction of sp³-hybridized carbons (Fsp3) is 0.579. The van der Waals surface area contributed by atoms with E-state index in [9.17, 15) is 9.59 Å². The Labute approximate surface area is 138 Å². The number of nitrogens with zero attached hydrogens (tertiary/aromatic N) is 1. The van der Waals surface area contributed by atoms with Crippen LogP contribution in [0.4, 0.5) is 0 Å². The van der Waals surface area contributed by atoms with Crippen molar-refractivity contribution in [3.8, 4) is 0 Å². The smallest absolute Gasteiger partial charge is 0.255 e. The summed E-state index contributed by atoms with van der Waals surface area (Å²) in [6.07, 6.45) is 5.21. The quantitative estimate of drug-likeness (QED) is 0.908. The molecule has 0 radical (unpaired) electrons. The fourth-order valence-electron chi connectivity index (χ4n) is 3.72. The minimum atomic E-state index is -0.365. The summed E-state index contributed by atoms with van der Waals surface area (Å²) in [6.45, 7) is 4.75. The van der Waals surface area contributed by atoms with Crippen molar-refractivity contribution in [2.45, 2.75) is 64.6 Å². The predicted molar refractivity (Wildman–Crippen MR) is 90.0 cm³/mol. The minimum absolute atomic E-state index is 0.00665. The molecule has 0 aromatic heterocycles. The molecule has 1 aliphatic carbocycles. The van der Waals surface area contributed by atoms with Crippen molar-refractivity contribution in [1.82, 2.24) is 10.2 Å². The molecule has 0 bridgehead atoms. The Morgan fingerprint density at radius 2 is 1.96 bits per heavy atom. The van der Waals surface area contributed by atoms with Gasteiger partial charge in [-0.25, -0.2) is 0 Å². The maximum Gasteiger partial charge on any atom is 0.255 e. The second-order valence-electron chi connectivity index (χ2n) is 7.23. The van der Waals surface area contributed by atoms with Crippen LogP contribution < -0.4 is 5.32 Å². The van der Waals surface area contributed by atoms with E-state index in [4.69, 9.17) is 0 Å². The molecule has 0 saturated heterocycles. The van der Waals surface area contributed by atoms with Crippen LogP contribution >= 0.6 is 0 Å². The van der Waals surface area contributed by atoms with Gasteiger partial charge in [-0.05, 0) is 36.8 Å². The van der Waals surface area contributed by atoms with Crippen LogP contribution in [0, 0.1) is 5.92 Å². The van der Waals surface area contributed by atoms with Crippen molar-refractivity contribution < 1.29 is 9.59 Å². The first-order valence-electron chi connectivity index (χ1n) is 8.75. The zero-order valence-electron chi connectivity index (χ0n) is 14.0. The van der Waals surface area contributed by atoms with Gasteiger partial charge in [0.2, 0.25) is 5.91 Å². The molecule has 3 rings (SSSR count). The molecule has 4 nitrogen and oxygen atoms in total. The zero-order valence-corrected chi connectivity index (χ0v) is 14.0. The molecule has 1 atom stereocenters. The molecule has 0 unspecified atom stereocenters. The second kappa shape index (κ2) is 6.73. The lowest BCUT2D eigenvalue weighted by atomic mass is 10.0. The van der Waals surface area contributed by atoms with Crippen molar-refractivity contribution in [3.63, 3.8) is 0 Å². The maximum atomic E-state index is 12.8. The molecule has 23 heavy (non-hydrogen) atoms. The van der Waals surface area contributed by atoms with Crippen molar-refractivity contribution in [2.24, 2.45) is 5.92 Å². The summed E-state index contributed by atoms with van der Waals surface area (Å²) in [4.78, 5) is 27.3. The van der Waals surface area contributed by atoms with Crippen molar-refractivity contribution in [3.05, 3.63) is 35.4 Å². The molecule has 1 aromatic carbocycles. The van der Waals surface area contributed by atoms with E-state index < -0.39 is 0 Å². The topological polar surface area (TPSA) is 49.4 Å². The summed E-state index contributed by atoms with van der Waals surface area (Å²) in [7, 11) is 0. The van der Waals surface area contributed by atoms with E-state index in [-0.39, 0.29) is 23.9 Å². The number of carbonyl (C=O) groups excluding carboxylic acids is 2. The van der Waals surface area contributed by atoms with Crippen LogP contribution in [0.3, 0.4) is 0 Å². The Kier molecular flexibility index (Phi) is 4.69. The molecule has 124 valence electrons. The van der Waals surface area contributed by atoms with Crippen LogP contribution in [0.2, 0.25) is 0 Å². The molecule has 0 spiro atoms. The van der Waals surface area contributed by atoms with E-state index in [1.54, 1.807) is 4.90 Å². The Morgan fingerprint density at radius 3 is 2.61 bits per heavy atom. The third-order valence-corrected chi connectivity index (χ3v) is 4.92. The van der Waals surface area contributed by atoms with Gasteiger partial charge in [-0.2, -0.15) is 0 Å². The lowest BCUT2D eigenvalue weighted by molar-refractivity contribution is -0.127. The molecule has 1 N–H and O–H groups in total. The van der Waals surface area contributed by atoms with Crippen LogP contribution in [0.25, 0.3) is 0 Å². The van der Waals surface area contributed by atoms with Crippen LogP contribution in [0.5, 0.6) is 0 Å². The van der Waals surface area contributed by atoms with E-state index in [1.807, 2.05) is 24.3 Å². The summed E-state index contributed by atoms with van der Waals surface area (Å²) < 4.78 is 0. The summed E-state index contributed by atoms with van der Waals surface area (Å²) in [5.74, 6) is 0.380. The van der Waals surface area contributed by atoms with Gasteiger partial charge in [0.25, 0.3) is 5.91 Å². The zero-order chi connectivity index (χ0) is 16.4. The van der Waals surface area contributed by atoms with E-state index >= 15 is 0 Å². The first-order chi connectivity index (χ1) is 11.1. The van der Waals surface area contributed by atoms with Gasteiger partial charge in [0.05, 0.1) is 0 Å². The van der Waals surface area contributed by atoms with Gasteiger partial charge in [-0.3, -0.25) is 9.59 Å². The highest BCUT2D eigenvalue weighted by Crippen LogP contribution is 2.27. The van der Waals surface area contributed by atoms with Gasteiger partial charge < -0.3 is 10.2 Å². The van der Waals surface area contributed by atoms with E-state index in [0.717, 1.165) is 24.0 Å². The highest BCUT2D eigenvalue weighted by molar-refractivity contribution is 6.01. The molecule has 2 amide bonds. The van der Waals surface area contributed by atoms with E-state index in [0.29, 0.717) is 18.9 Å². The maximum absolute atomic E-state index is 12.8. The standard InChI is InChI=1S/C19H26N2O2/c1-13(2)11-17(18(22)20-15-8-4-5-9-15)21-12-14-7-3-6-10-16(14)19(21)23/h3,6-7,10,13,15,17H,4-5,8-9,11-12H2,1-2H3,(H,20,22)/t17-/m1/s1. The largest absolute Gasteiger partial charge is 0.352 e. The summed E-state index contributed by atoms with van der Waals surface area (Å²) in [5, 5.41) is 3.18. The molecule has 1 fully saturated rings. The Balaban J connectivity index is 1.76. The Morgan fingerprint density at radius 1 is 1.26 bits per heavy atom. The normalized spacial score (nSPS) is 19.3. The number of hydrogen-bond acceptors (Lipinski definition) is 2. The van der Waals surface area contributed by atoms with Gasteiger partial charge in [-0.1, -0.05) is 44.9 Å². The predicted octanol–water partition coefficient (Wildman–Crippen LogP) is 3.12. The van der Waals surface area contributed by atoms with Crippen LogP contribution in [0.15, 0.2) is 24.3 Å². The summed E-state index contributed by atoms with van der Waals surface area (Å²) >= 11 is 0. The SMILES string of the molecule is CC(C)C[C@H](C(=O)NC1CCCC1)N1Cc2ccccc2C1=O. The fourth-order valence-corrected chi connectivity index (χ4v) is 3.72. The summed E-state index contributed by atoms with van der Waals surface area (Å²) in [6, 6.07) is 7.60. The number of rotatable bonds is 5. The van der Waals surface area contributed by atoms with Gasteiger partial charge in [0.1, 0.15) is 6.04 Å². The Hall–Kier alpha value is -1.84. The molecule has 1 heterocycles. The lowest BCUT2D eigenvalue weighted by Crippen LogP contribution is -2.50. The average Bonchev–Trinajstić information content (AvgIpc) is 3.13. The monoisotopic (exact) mass is 314 g/mol. The number of hydrogen-bond donors (Lipinski definition) is 1. The number of fused-ring (bicyclic) bond motifs is 1. The average molecular weight is 314 g/mol. The molecular formula is C19H26N2O2. The molecule has 2 aliphatic rings. The number of nitrogens with one attached hydrogen (secondary N) is 1. The number of carbonyl (C=O) groups is 2. The van der Waals surface area contributed by atoms with Crippen molar-refractivity contribution in [1.29, 1.82) is 0 Å². The van der Waals surface area contributed by atoms with Crippen LogP contribution in [-0.2, 0) is 11.3 Å². The highest BCUT2D eigenvalue weighted by Gasteiger charge is 2.37. The number of benzene rings is 1. The molecule has 1 saturated carbocycles. The van der Waals surface area contributed by atoms with E-state index in [1.165, 1.54) is 12.8 Å². The molecular weight excluding hydrogens is 288 g/mol. The molecule has 1 aliphatic heterocycles. The summed E-state index contributed by atoms with van der Waals surface area (Å²) in [5.41, 5.74) is 1.77. The second-order valence-corrected chi connectivity index (χ2v) is 7.23. The third kappa shape index (κ3) is 3.41. The number of amides is 2. The van der Waals surface area contributed by atoms with E-state index in [2.05, 4.69) is 19.2 Å². The first-order valence-corrected chi connectivity index (χ1v) is 8.75. The molecule has 1 aromatic rings. The van der Waals surface area contributed by atoms with Crippen molar-refractivity contribution >= 4 is 11.8 Å². The van der Waals surface area contributed by atoms with Gasteiger partial charge in [0.15, 0.2) is 0 Å². The van der Waals surface area contributed by atoms with Crippen LogP contribution in [-0.4, -0.2) is 28.8 Å². The van der Waals surface area contributed by atoms with Crippen LogP contribution in [0.1, 0.15) is 61.9 Å². The van der Waals surface area contributed by atoms with Gasteiger partial charge >= 0.3 is 0 Å². The minimum Gasteiger partial charge on any atom is -0.352 e. The van der Waals surface area contributed by atoms with Crippen molar-refractivity contribution in [2.75, 3.05) is 0 Å². The highest BCUT2D eigenvalue weighted by atomic mass is 16.2. The lowest BCUT2D eigenvalue weighted by Gasteiger charge is -2.29. The van der Waals surface area contributed by atoms with Gasteiger partial charge in [-0.15, -0.1) is 0 Å².